The number of halogens is 1. The molecule has 0 amide bonds. The maximum absolute atomic E-state index is 5.87. The Morgan fingerprint density at radius 1 is 1.33 bits per heavy atom. The molecule has 2 rings (SSSR count). The number of rotatable bonds is 7. The first-order chi connectivity index (χ1) is 11.6. The van der Waals surface area contributed by atoms with Gasteiger partial charge in [0, 0.05) is 31.9 Å². The molecule has 7 heteroatoms. The van der Waals surface area contributed by atoms with Gasteiger partial charge in [0.1, 0.15) is 11.9 Å². The zero-order valence-corrected chi connectivity index (χ0v) is 15.0. The molecule has 0 bridgehead atoms. The molecule has 0 aliphatic rings. The lowest BCUT2D eigenvalue weighted by Gasteiger charge is -2.17. The van der Waals surface area contributed by atoms with Crippen LogP contribution in [0.25, 0.3) is 0 Å². The van der Waals surface area contributed by atoms with Crippen molar-refractivity contribution in [2.45, 2.75) is 19.4 Å². The van der Waals surface area contributed by atoms with Crippen molar-refractivity contribution in [3.63, 3.8) is 0 Å². The van der Waals surface area contributed by atoms with E-state index < -0.39 is 0 Å². The van der Waals surface area contributed by atoms with Crippen LogP contribution in [0.5, 0.6) is 5.75 Å². The summed E-state index contributed by atoms with van der Waals surface area (Å²) < 4.78 is 7.63. The van der Waals surface area contributed by atoms with Gasteiger partial charge < -0.3 is 15.4 Å². The van der Waals surface area contributed by atoms with Crippen molar-refractivity contribution in [2.75, 3.05) is 20.1 Å². The number of guanidine groups is 1. The van der Waals surface area contributed by atoms with Gasteiger partial charge >= 0.3 is 0 Å². The summed E-state index contributed by atoms with van der Waals surface area (Å²) in [5.74, 6) is 1.55. The van der Waals surface area contributed by atoms with Crippen molar-refractivity contribution in [1.82, 2.24) is 20.4 Å². The van der Waals surface area contributed by atoms with E-state index in [0.717, 1.165) is 24.7 Å². The number of hydrogen-bond donors (Lipinski definition) is 2. The Hall–Kier alpha value is -2.21. The molecule has 0 saturated heterocycles. The van der Waals surface area contributed by atoms with Crippen LogP contribution < -0.4 is 15.4 Å². The second-order valence-electron chi connectivity index (χ2n) is 5.53. The van der Waals surface area contributed by atoms with Crippen LogP contribution >= 0.6 is 11.6 Å². The predicted molar refractivity (Wildman–Crippen MR) is 97.8 cm³/mol. The van der Waals surface area contributed by atoms with Crippen molar-refractivity contribution >= 4 is 17.6 Å². The summed E-state index contributed by atoms with van der Waals surface area (Å²) in [7, 11) is 3.67. The van der Waals surface area contributed by atoms with Crippen molar-refractivity contribution < 1.29 is 4.74 Å². The van der Waals surface area contributed by atoms with Crippen LogP contribution in [0, 0.1) is 0 Å². The van der Waals surface area contributed by atoms with Gasteiger partial charge in [0.2, 0.25) is 0 Å². The maximum atomic E-state index is 5.87. The van der Waals surface area contributed by atoms with Crippen molar-refractivity contribution in [3.05, 3.63) is 47.2 Å². The third-order valence-corrected chi connectivity index (χ3v) is 3.65. The quantitative estimate of drug-likeness (QED) is 0.594. The fourth-order valence-electron chi connectivity index (χ4n) is 2.17. The van der Waals surface area contributed by atoms with Crippen molar-refractivity contribution in [1.29, 1.82) is 0 Å². The minimum Gasteiger partial charge on any atom is -0.489 e. The maximum Gasteiger partial charge on any atom is 0.191 e. The zero-order valence-electron chi connectivity index (χ0n) is 14.3. The van der Waals surface area contributed by atoms with Crippen molar-refractivity contribution in [2.24, 2.45) is 12.0 Å². The van der Waals surface area contributed by atoms with Crippen LogP contribution in [-0.4, -0.2) is 42.0 Å². The number of hydrogen-bond acceptors (Lipinski definition) is 3. The molecule has 0 spiro atoms. The monoisotopic (exact) mass is 349 g/mol. The van der Waals surface area contributed by atoms with E-state index in [4.69, 9.17) is 16.3 Å². The molecule has 24 heavy (non-hydrogen) atoms. The van der Waals surface area contributed by atoms with Crippen LogP contribution in [0.2, 0.25) is 5.02 Å². The molecule has 1 atom stereocenters. The second kappa shape index (κ2) is 9.17. The first-order valence-corrected chi connectivity index (χ1v) is 8.29. The number of nitrogens with zero attached hydrogens (tertiary/aromatic N) is 3. The molecule has 1 heterocycles. The topological polar surface area (TPSA) is 63.5 Å². The van der Waals surface area contributed by atoms with Crippen LogP contribution in [0.15, 0.2) is 41.7 Å². The second-order valence-corrected chi connectivity index (χ2v) is 5.97. The predicted octanol–water partition coefficient (Wildman–Crippen LogP) is 2.25. The van der Waals surface area contributed by atoms with Gasteiger partial charge in [-0.3, -0.25) is 9.67 Å². The highest BCUT2D eigenvalue weighted by Gasteiger charge is 2.06. The Balaban J connectivity index is 1.69. The van der Waals surface area contributed by atoms with E-state index in [1.165, 1.54) is 5.56 Å². The summed E-state index contributed by atoms with van der Waals surface area (Å²) >= 11 is 5.87. The SMILES string of the molecule is CN=C(NCCc1cnn(C)c1)NCC(C)Oc1ccc(Cl)cc1. The molecule has 0 aliphatic heterocycles. The Morgan fingerprint density at radius 2 is 2.08 bits per heavy atom. The molecular formula is C17H24ClN5O. The van der Waals surface area contributed by atoms with Gasteiger partial charge in [-0.1, -0.05) is 11.6 Å². The van der Waals surface area contributed by atoms with Crippen LogP contribution in [0.4, 0.5) is 0 Å². The largest absolute Gasteiger partial charge is 0.489 e. The molecule has 0 radical (unpaired) electrons. The Bertz CT molecular complexity index is 653. The minimum absolute atomic E-state index is 0.00282. The number of benzene rings is 1. The zero-order chi connectivity index (χ0) is 17.4. The Morgan fingerprint density at radius 3 is 2.71 bits per heavy atom. The van der Waals surface area contributed by atoms with E-state index >= 15 is 0 Å². The summed E-state index contributed by atoms with van der Waals surface area (Å²) in [5, 5.41) is 11.4. The van der Waals surface area contributed by atoms with Crippen molar-refractivity contribution in [3.8, 4) is 5.75 Å². The summed E-state index contributed by atoms with van der Waals surface area (Å²) in [6, 6.07) is 7.35. The first-order valence-electron chi connectivity index (χ1n) is 7.91. The molecule has 0 aliphatic carbocycles. The van der Waals surface area contributed by atoms with Gasteiger partial charge in [-0.05, 0) is 43.2 Å². The van der Waals surface area contributed by atoms with Crippen LogP contribution in [-0.2, 0) is 13.5 Å². The van der Waals surface area contributed by atoms with Crippen LogP contribution in [0.1, 0.15) is 12.5 Å². The minimum atomic E-state index is 0.00282. The molecule has 130 valence electrons. The average Bonchev–Trinajstić information content (AvgIpc) is 2.98. The summed E-state index contributed by atoms with van der Waals surface area (Å²) in [4.78, 5) is 4.22. The molecular weight excluding hydrogens is 326 g/mol. The fourth-order valence-corrected chi connectivity index (χ4v) is 2.30. The first kappa shape index (κ1) is 18.1. The number of nitrogens with one attached hydrogen (secondary N) is 2. The van der Waals surface area contributed by atoms with Gasteiger partial charge in [-0.15, -0.1) is 0 Å². The molecule has 1 unspecified atom stereocenters. The molecule has 1 aromatic heterocycles. The van der Waals surface area contributed by atoms with Gasteiger partial charge in [0.05, 0.1) is 12.7 Å². The lowest BCUT2D eigenvalue weighted by Crippen LogP contribution is -2.42. The summed E-state index contributed by atoms with van der Waals surface area (Å²) in [6.07, 6.45) is 4.79. The van der Waals surface area contributed by atoms with E-state index in [1.54, 1.807) is 11.7 Å². The molecule has 2 aromatic rings. The van der Waals surface area contributed by atoms with E-state index in [2.05, 4.69) is 20.7 Å². The van der Waals surface area contributed by atoms with Gasteiger partial charge in [-0.25, -0.2) is 0 Å². The molecule has 2 N–H and O–H groups in total. The van der Waals surface area contributed by atoms with Gasteiger partial charge in [-0.2, -0.15) is 5.10 Å². The number of ether oxygens (including phenoxy) is 1. The molecule has 0 saturated carbocycles. The number of aryl methyl sites for hydroxylation is 1. The normalized spacial score (nSPS) is 12.8. The standard InChI is InChI=1S/C17H24ClN5O/c1-13(24-16-6-4-15(18)5-7-16)10-21-17(19-2)20-9-8-14-11-22-23(3)12-14/h4-7,11-13H,8-10H2,1-3H3,(H2,19,20,21). The smallest absolute Gasteiger partial charge is 0.191 e. The van der Waals surface area contributed by atoms with E-state index in [0.29, 0.717) is 11.6 Å². The number of aliphatic imine (C=N–C) groups is 1. The average molecular weight is 350 g/mol. The molecule has 0 fully saturated rings. The summed E-state index contributed by atoms with van der Waals surface area (Å²) in [5.41, 5.74) is 1.19. The lowest BCUT2D eigenvalue weighted by atomic mass is 10.2. The fraction of sp³-hybridized carbons (Fsp3) is 0.412. The van der Waals surface area contributed by atoms with Crippen LogP contribution in [0.3, 0.4) is 0 Å². The lowest BCUT2D eigenvalue weighted by molar-refractivity contribution is 0.224. The third kappa shape index (κ3) is 6.12. The highest BCUT2D eigenvalue weighted by molar-refractivity contribution is 6.30. The highest BCUT2D eigenvalue weighted by atomic mass is 35.5. The number of aromatic nitrogens is 2. The molecule has 6 nitrogen and oxygen atoms in total. The van der Waals surface area contributed by atoms with E-state index in [1.807, 2.05) is 50.6 Å². The van der Waals surface area contributed by atoms with Gasteiger partial charge in [0.15, 0.2) is 5.96 Å². The van der Waals surface area contributed by atoms with E-state index in [9.17, 15) is 0 Å². The Kier molecular flexibility index (Phi) is 6.93. The van der Waals surface area contributed by atoms with Gasteiger partial charge in [0.25, 0.3) is 0 Å². The molecule has 1 aromatic carbocycles. The third-order valence-electron chi connectivity index (χ3n) is 3.40. The Labute approximate surface area is 147 Å². The highest BCUT2D eigenvalue weighted by Crippen LogP contribution is 2.16. The summed E-state index contributed by atoms with van der Waals surface area (Å²) in [6.45, 7) is 3.44. The van der Waals surface area contributed by atoms with E-state index in [-0.39, 0.29) is 6.10 Å².